The highest BCUT2D eigenvalue weighted by Crippen LogP contribution is 2.40. The van der Waals surface area contributed by atoms with E-state index in [1.54, 1.807) is 7.11 Å². The fourth-order valence-electron chi connectivity index (χ4n) is 3.99. The second-order valence-corrected chi connectivity index (χ2v) is 8.18. The zero-order chi connectivity index (χ0) is 18.6. The van der Waals surface area contributed by atoms with Crippen LogP contribution in [0.5, 0.6) is 11.5 Å². The Kier molecular flexibility index (Phi) is 5.84. The number of methoxy groups -OCH3 is 1. The highest BCUT2D eigenvalue weighted by molar-refractivity contribution is 9.11. The molecule has 3 nitrogen and oxygen atoms in total. The standard InChI is InChI=1S/C23H26BrNO2/c1-26-20-9-10-21-18(16-20)6-11-22(24)23(21)17-4-7-19(8-5-17)27-15-14-25-12-2-3-13-25/h4-5,7-10,16H,2-3,6,11-15H2,1H3. The quantitative estimate of drug-likeness (QED) is 0.626. The van der Waals surface area contributed by atoms with Crippen LogP contribution in [0.1, 0.15) is 36.0 Å². The molecule has 1 fully saturated rings. The summed E-state index contributed by atoms with van der Waals surface area (Å²) in [5.41, 5.74) is 5.14. The van der Waals surface area contributed by atoms with E-state index in [1.165, 1.54) is 52.7 Å². The summed E-state index contributed by atoms with van der Waals surface area (Å²) < 4.78 is 12.6. The number of rotatable bonds is 6. The molecular formula is C23H26BrNO2. The van der Waals surface area contributed by atoms with Gasteiger partial charge in [-0.15, -0.1) is 0 Å². The van der Waals surface area contributed by atoms with Gasteiger partial charge in [-0.05, 0) is 85.3 Å². The van der Waals surface area contributed by atoms with Crippen LogP contribution in [-0.4, -0.2) is 38.3 Å². The molecular weight excluding hydrogens is 402 g/mol. The summed E-state index contributed by atoms with van der Waals surface area (Å²) in [7, 11) is 1.72. The molecule has 142 valence electrons. The van der Waals surface area contributed by atoms with Gasteiger partial charge in [-0.2, -0.15) is 0 Å². The summed E-state index contributed by atoms with van der Waals surface area (Å²) in [6, 6.07) is 14.9. The molecule has 0 unspecified atom stereocenters. The summed E-state index contributed by atoms with van der Waals surface area (Å²) in [5, 5.41) is 0. The van der Waals surface area contributed by atoms with Gasteiger partial charge in [-0.1, -0.05) is 34.1 Å². The lowest BCUT2D eigenvalue weighted by Gasteiger charge is -2.22. The summed E-state index contributed by atoms with van der Waals surface area (Å²) in [5.74, 6) is 1.87. The fourth-order valence-corrected chi connectivity index (χ4v) is 4.63. The summed E-state index contributed by atoms with van der Waals surface area (Å²) in [6.45, 7) is 4.21. The van der Waals surface area contributed by atoms with E-state index in [1.807, 2.05) is 6.07 Å². The van der Waals surface area contributed by atoms with E-state index < -0.39 is 0 Å². The normalized spacial score (nSPS) is 17.1. The van der Waals surface area contributed by atoms with Crippen molar-refractivity contribution < 1.29 is 9.47 Å². The van der Waals surface area contributed by atoms with Crippen molar-refractivity contribution in [1.29, 1.82) is 0 Å². The second kappa shape index (κ2) is 8.49. The number of fused-ring (bicyclic) bond motifs is 1. The van der Waals surface area contributed by atoms with E-state index in [2.05, 4.69) is 57.2 Å². The van der Waals surface area contributed by atoms with Crippen molar-refractivity contribution in [2.24, 2.45) is 0 Å². The Morgan fingerprint density at radius 1 is 0.963 bits per heavy atom. The third-order valence-electron chi connectivity index (χ3n) is 5.48. The van der Waals surface area contributed by atoms with Gasteiger partial charge in [-0.3, -0.25) is 4.90 Å². The average Bonchev–Trinajstić information content (AvgIpc) is 3.22. The minimum absolute atomic E-state index is 0.758. The molecule has 0 amide bonds. The number of nitrogens with zero attached hydrogens (tertiary/aromatic N) is 1. The van der Waals surface area contributed by atoms with E-state index in [0.29, 0.717) is 0 Å². The minimum atomic E-state index is 0.758. The van der Waals surface area contributed by atoms with Crippen molar-refractivity contribution in [2.75, 3.05) is 33.4 Å². The first kappa shape index (κ1) is 18.6. The van der Waals surface area contributed by atoms with Crippen molar-refractivity contribution in [3.05, 3.63) is 63.6 Å². The first-order chi connectivity index (χ1) is 13.2. The number of likely N-dealkylation sites (tertiary alicyclic amines) is 1. The lowest BCUT2D eigenvalue weighted by molar-refractivity contribution is 0.238. The predicted octanol–water partition coefficient (Wildman–Crippen LogP) is 5.27. The molecule has 0 N–H and O–H groups in total. The Bertz CT molecular complexity index is 823. The molecule has 4 heteroatoms. The largest absolute Gasteiger partial charge is 0.497 e. The van der Waals surface area contributed by atoms with Gasteiger partial charge in [-0.25, -0.2) is 0 Å². The number of ether oxygens (including phenoxy) is 2. The molecule has 27 heavy (non-hydrogen) atoms. The van der Waals surface area contributed by atoms with Gasteiger partial charge < -0.3 is 9.47 Å². The molecule has 2 aromatic rings. The van der Waals surface area contributed by atoms with Gasteiger partial charge in [0, 0.05) is 11.0 Å². The van der Waals surface area contributed by atoms with E-state index in [-0.39, 0.29) is 0 Å². The van der Waals surface area contributed by atoms with Crippen LogP contribution in [0.3, 0.4) is 0 Å². The van der Waals surface area contributed by atoms with Crippen LogP contribution in [0.25, 0.3) is 5.57 Å². The maximum Gasteiger partial charge on any atom is 0.119 e. The average molecular weight is 428 g/mol. The summed E-state index contributed by atoms with van der Waals surface area (Å²) in [4.78, 5) is 2.48. The zero-order valence-corrected chi connectivity index (χ0v) is 17.4. The lowest BCUT2D eigenvalue weighted by Crippen LogP contribution is -2.25. The van der Waals surface area contributed by atoms with Crippen LogP contribution in [0, 0.1) is 0 Å². The highest BCUT2D eigenvalue weighted by Gasteiger charge is 2.19. The summed E-state index contributed by atoms with van der Waals surface area (Å²) in [6.07, 6.45) is 4.70. The molecule has 0 bridgehead atoms. The van der Waals surface area contributed by atoms with Crippen molar-refractivity contribution in [2.45, 2.75) is 25.7 Å². The van der Waals surface area contributed by atoms with Crippen LogP contribution in [0.4, 0.5) is 0 Å². The van der Waals surface area contributed by atoms with Crippen LogP contribution in [0.2, 0.25) is 0 Å². The molecule has 4 rings (SSSR count). The van der Waals surface area contributed by atoms with Crippen molar-refractivity contribution in [3.63, 3.8) is 0 Å². The molecule has 0 aromatic heterocycles. The molecule has 0 saturated carbocycles. The molecule has 1 saturated heterocycles. The molecule has 0 spiro atoms. The first-order valence-corrected chi connectivity index (χ1v) is 10.6. The van der Waals surface area contributed by atoms with E-state index >= 15 is 0 Å². The number of halogens is 1. The molecule has 2 aliphatic rings. The van der Waals surface area contributed by atoms with Crippen molar-refractivity contribution in [3.8, 4) is 11.5 Å². The van der Waals surface area contributed by atoms with E-state index in [0.717, 1.165) is 37.5 Å². The van der Waals surface area contributed by atoms with Crippen LogP contribution >= 0.6 is 15.9 Å². The Hall–Kier alpha value is -1.78. The highest BCUT2D eigenvalue weighted by atomic mass is 79.9. The van der Waals surface area contributed by atoms with Crippen LogP contribution in [-0.2, 0) is 6.42 Å². The van der Waals surface area contributed by atoms with Crippen molar-refractivity contribution in [1.82, 2.24) is 4.90 Å². The topological polar surface area (TPSA) is 21.7 Å². The fraction of sp³-hybridized carbons (Fsp3) is 0.391. The molecule has 1 heterocycles. The number of aryl methyl sites for hydroxylation is 1. The van der Waals surface area contributed by atoms with Crippen LogP contribution in [0.15, 0.2) is 46.9 Å². The Morgan fingerprint density at radius 2 is 1.70 bits per heavy atom. The smallest absolute Gasteiger partial charge is 0.119 e. The Balaban J connectivity index is 1.48. The van der Waals surface area contributed by atoms with Gasteiger partial charge in [0.25, 0.3) is 0 Å². The maximum absolute atomic E-state index is 5.95. The van der Waals surface area contributed by atoms with Crippen LogP contribution < -0.4 is 9.47 Å². The number of hydrogen-bond donors (Lipinski definition) is 0. The molecule has 0 atom stereocenters. The van der Waals surface area contributed by atoms with Gasteiger partial charge in [0.1, 0.15) is 18.1 Å². The molecule has 2 aromatic carbocycles. The monoisotopic (exact) mass is 427 g/mol. The van der Waals surface area contributed by atoms with Gasteiger partial charge in [0.05, 0.1) is 7.11 Å². The summed E-state index contributed by atoms with van der Waals surface area (Å²) >= 11 is 3.81. The predicted molar refractivity (Wildman–Crippen MR) is 114 cm³/mol. The first-order valence-electron chi connectivity index (χ1n) is 9.76. The van der Waals surface area contributed by atoms with E-state index in [9.17, 15) is 0 Å². The number of hydrogen-bond acceptors (Lipinski definition) is 3. The lowest BCUT2D eigenvalue weighted by atomic mass is 9.87. The minimum Gasteiger partial charge on any atom is -0.497 e. The van der Waals surface area contributed by atoms with Gasteiger partial charge in [0.2, 0.25) is 0 Å². The third kappa shape index (κ3) is 4.22. The molecule has 1 aliphatic carbocycles. The Labute approximate surface area is 170 Å². The SMILES string of the molecule is COc1ccc2c(c1)CCC(Br)=C2c1ccc(OCCN2CCCC2)cc1. The maximum atomic E-state index is 5.95. The van der Waals surface area contributed by atoms with E-state index in [4.69, 9.17) is 9.47 Å². The second-order valence-electron chi connectivity index (χ2n) is 7.22. The molecule has 0 radical (unpaired) electrons. The Morgan fingerprint density at radius 3 is 2.44 bits per heavy atom. The van der Waals surface area contributed by atoms with Crippen molar-refractivity contribution >= 4 is 21.5 Å². The zero-order valence-electron chi connectivity index (χ0n) is 15.8. The number of allylic oxidation sites excluding steroid dienone is 1. The van der Waals surface area contributed by atoms with Gasteiger partial charge >= 0.3 is 0 Å². The van der Waals surface area contributed by atoms with Gasteiger partial charge in [0.15, 0.2) is 0 Å². The third-order valence-corrected chi connectivity index (χ3v) is 6.28. The molecule has 1 aliphatic heterocycles. The number of benzene rings is 2.